The molecular formula is C51H66N6O9S. The summed E-state index contributed by atoms with van der Waals surface area (Å²) in [6.07, 6.45) is 17.8. The van der Waals surface area contributed by atoms with Crippen LogP contribution in [0.1, 0.15) is 100 Å². The fraction of sp³-hybridized carbons (Fsp3) is 0.569. The number of pyridine rings is 1. The number of benzene rings is 1. The lowest BCUT2D eigenvalue weighted by atomic mass is 9.63. The molecule has 67 heavy (non-hydrogen) atoms. The number of aliphatic hydroxyl groups is 1. The highest BCUT2D eigenvalue weighted by molar-refractivity contribution is 8.00. The summed E-state index contributed by atoms with van der Waals surface area (Å²) in [6, 6.07) is 10.3. The Morgan fingerprint density at radius 3 is 2.43 bits per heavy atom. The molecule has 1 saturated carbocycles. The first kappa shape index (κ1) is 48.6. The average Bonchev–Trinajstić information content (AvgIpc) is 3.87. The van der Waals surface area contributed by atoms with Gasteiger partial charge in [0.1, 0.15) is 23.8 Å². The molecule has 1 saturated heterocycles. The van der Waals surface area contributed by atoms with Gasteiger partial charge in [-0.2, -0.15) is 0 Å². The van der Waals surface area contributed by atoms with E-state index < -0.39 is 48.0 Å². The van der Waals surface area contributed by atoms with Crippen molar-refractivity contribution >= 4 is 47.6 Å². The number of piperidine rings is 1. The predicted molar refractivity (Wildman–Crippen MR) is 254 cm³/mol. The van der Waals surface area contributed by atoms with E-state index in [9.17, 15) is 34.5 Å². The number of hydrogen-bond acceptors (Lipinski definition) is 12. The summed E-state index contributed by atoms with van der Waals surface area (Å²) in [5.41, 5.74) is 6.87. The van der Waals surface area contributed by atoms with Crippen LogP contribution in [0.25, 0.3) is 6.08 Å². The zero-order chi connectivity index (χ0) is 47.1. The molecule has 2 aromatic rings. The minimum Gasteiger partial charge on any atom is -0.480 e. The van der Waals surface area contributed by atoms with Crippen molar-refractivity contribution in [2.24, 2.45) is 29.1 Å². The lowest BCUT2D eigenvalue weighted by Gasteiger charge is -2.44. The number of amides is 2. The number of carboxylic acids is 2. The molecule has 16 heteroatoms. The van der Waals surface area contributed by atoms with Gasteiger partial charge in [-0.05, 0) is 135 Å². The first-order chi connectivity index (χ1) is 32.5. The van der Waals surface area contributed by atoms with E-state index in [0.29, 0.717) is 18.1 Å². The van der Waals surface area contributed by atoms with Crippen molar-refractivity contribution < 1.29 is 44.0 Å². The zero-order valence-corrected chi connectivity index (χ0v) is 39.2. The van der Waals surface area contributed by atoms with Gasteiger partial charge in [0.25, 0.3) is 0 Å². The second-order valence-corrected chi connectivity index (χ2v) is 20.5. The molecular weight excluding hydrogens is 873 g/mol. The van der Waals surface area contributed by atoms with Crippen molar-refractivity contribution in [1.29, 1.82) is 0 Å². The molecule has 0 unspecified atom stereocenters. The topological polar surface area (TPSA) is 228 Å². The van der Waals surface area contributed by atoms with Gasteiger partial charge in [-0.1, -0.05) is 74.1 Å². The summed E-state index contributed by atoms with van der Waals surface area (Å²) in [5, 5.41) is 43.6. The number of rotatable bonds is 17. The van der Waals surface area contributed by atoms with Gasteiger partial charge in [-0.15, -0.1) is 11.8 Å². The number of hydrogen-bond donors (Lipinski definition) is 8. The number of allylic oxidation sites excluding steroid dienone is 2. The third kappa shape index (κ3) is 11.0. The molecule has 9 atom stereocenters. The Balaban J connectivity index is 1.18. The number of fused-ring (bicyclic) bond motifs is 2. The molecule has 8 N–H and O–H groups in total. The van der Waals surface area contributed by atoms with E-state index >= 15 is 4.79 Å². The van der Waals surface area contributed by atoms with Crippen LogP contribution >= 0.6 is 11.8 Å². The monoisotopic (exact) mass is 938 g/mol. The van der Waals surface area contributed by atoms with Gasteiger partial charge in [-0.3, -0.25) is 29.5 Å². The molecule has 8 rings (SSSR count). The second-order valence-electron chi connectivity index (χ2n) is 19.4. The molecule has 1 aromatic heterocycles. The Labute approximate surface area is 396 Å². The Hall–Kier alpha value is -4.87. The number of carboxylic acid groups (broad SMARTS) is 2. The summed E-state index contributed by atoms with van der Waals surface area (Å²) >= 11 is 1.45. The highest BCUT2D eigenvalue weighted by Gasteiger charge is 2.55. The van der Waals surface area contributed by atoms with Crippen LogP contribution in [0.5, 0.6) is 0 Å². The minimum absolute atomic E-state index is 0.0178. The van der Waals surface area contributed by atoms with Crippen LogP contribution in [0.2, 0.25) is 0 Å². The van der Waals surface area contributed by atoms with E-state index in [0.717, 1.165) is 100 Å². The van der Waals surface area contributed by atoms with Gasteiger partial charge in [0, 0.05) is 37.3 Å². The van der Waals surface area contributed by atoms with Crippen LogP contribution in [0.3, 0.4) is 0 Å². The smallest absolute Gasteiger partial charge is 0.353 e. The number of nitrogens with zero attached hydrogens (tertiary/aromatic N) is 1. The average molecular weight is 939 g/mol. The molecule has 15 nitrogen and oxygen atoms in total. The van der Waals surface area contributed by atoms with Crippen LogP contribution in [-0.4, -0.2) is 106 Å². The number of thioether (sulfide) groups is 1. The summed E-state index contributed by atoms with van der Waals surface area (Å²) in [5.74, 6) is -3.92. The van der Waals surface area contributed by atoms with Crippen molar-refractivity contribution in [3.8, 4) is 0 Å². The Morgan fingerprint density at radius 2 is 1.69 bits per heavy atom. The van der Waals surface area contributed by atoms with Crippen LogP contribution < -0.4 is 26.6 Å². The summed E-state index contributed by atoms with van der Waals surface area (Å²) < 4.78 is 6.80. The van der Waals surface area contributed by atoms with Crippen molar-refractivity contribution in [1.82, 2.24) is 31.6 Å². The fourth-order valence-corrected chi connectivity index (χ4v) is 13.7. The van der Waals surface area contributed by atoms with Crippen molar-refractivity contribution in [2.75, 3.05) is 26.0 Å². The number of aromatic nitrogens is 1. The number of carbonyl (C=O) groups excluding carboxylic acids is 3. The van der Waals surface area contributed by atoms with Gasteiger partial charge in [0.05, 0.1) is 5.25 Å². The van der Waals surface area contributed by atoms with Gasteiger partial charge >= 0.3 is 17.9 Å². The maximum atomic E-state index is 15.2. The number of aliphatic carboxylic acids is 2. The van der Waals surface area contributed by atoms with E-state index in [-0.39, 0.29) is 59.8 Å². The number of ether oxygens (including phenoxy) is 1. The van der Waals surface area contributed by atoms with E-state index in [1.54, 1.807) is 7.05 Å². The van der Waals surface area contributed by atoms with Crippen LogP contribution in [0.15, 0.2) is 77.3 Å². The molecule has 2 aliphatic heterocycles. The highest BCUT2D eigenvalue weighted by Crippen LogP contribution is 2.58. The molecule has 1 spiro atoms. The van der Waals surface area contributed by atoms with E-state index in [1.165, 1.54) is 28.5 Å². The predicted octanol–water partition coefficient (Wildman–Crippen LogP) is 4.86. The maximum Gasteiger partial charge on any atom is 0.353 e. The maximum absolute atomic E-state index is 15.2. The SMILES string of the molecule is CNCN[C@@H](CCC(=O)N[C@@H](CS[C@H]1C2=C3[C@@H](CCCCCC14CCCC4)CC(Cc1ccncc1)=C([C@H]1NCC[C@@H]4C=Cc5ccccc5C[C@H]14)[C@H]3C(=O)O2)C(=O)N[C@@H](O)C(=O)O)C(=O)O. The normalized spacial score (nSPS) is 26.9. The van der Waals surface area contributed by atoms with Crippen LogP contribution in [0, 0.1) is 29.1 Å². The van der Waals surface area contributed by atoms with Gasteiger partial charge in [-0.25, -0.2) is 4.79 Å². The molecule has 6 aliphatic rings. The molecule has 3 heterocycles. The van der Waals surface area contributed by atoms with Crippen molar-refractivity contribution in [3.63, 3.8) is 0 Å². The van der Waals surface area contributed by atoms with E-state index in [2.05, 4.69) is 80.1 Å². The van der Waals surface area contributed by atoms with Crippen LogP contribution in [-0.2, 0) is 41.6 Å². The Kier molecular flexibility index (Phi) is 16.0. The lowest BCUT2D eigenvalue weighted by Crippen LogP contribution is -2.53. The highest BCUT2D eigenvalue weighted by atomic mass is 32.2. The lowest BCUT2D eigenvalue weighted by molar-refractivity contribution is -0.151. The third-order valence-electron chi connectivity index (χ3n) is 15.2. The second kappa shape index (κ2) is 22.0. The Bertz CT molecular complexity index is 2240. The van der Waals surface area contributed by atoms with Gasteiger partial charge in [0.2, 0.25) is 18.0 Å². The zero-order valence-electron chi connectivity index (χ0n) is 38.3. The molecule has 2 amide bonds. The molecule has 0 radical (unpaired) electrons. The summed E-state index contributed by atoms with van der Waals surface area (Å²) in [6.45, 7) is 1.01. The molecule has 4 aliphatic carbocycles. The van der Waals surface area contributed by atoms with Crippen molar-refractivity contribution in [2.45, 2.75) is 126 Å². The largest absolute Gasteiger partial charge is 0.480 e. The Morgan fingerprint density at radius 1 is 0.925 bits per heavy atom. The van der Waals surface area contributed by atoms with E-state index in [4.69, 9.17) is 4.74 Å². The van der Waals surface area contributed by atoms with E-state index in [1.807, 2.05) is 12.4 Å². The molecule has 2 fully saturated rings. The van der Waals surface area contributed by atoms with Gasteiger partial charge in [0.15, 0.2) is 0 Å². The molecule has 0 bridgehead atoms. The number of carbonyl (C=O) groups is 5. The number of aliphatic hydroxyl groups excluding tert-OH is 1. The fourth-order valence-electron chi connectivity index (χ4n) is 12.0. The standard InChI is InChI=1S/C51H66N6O9S/c1-52-29-55-37(48(61)62)14-15-39(58)56-38(46(59)57-47(60)49(63)64)28-67-45-44-41-34(11-3-2-6-19-51(45)20-7-8-21-51)26-35(25-30-16-22-53-23-17-30)40(42(41)50(65)66-44)43-36-27-33-10-5-4-9-31(33)12-13-32(36)18-24-54-43/h4-5,9-10,12-13,16-17,22-23,32,34,36-38,42-43,45,47,52,54-55,60H,2-3,6-8,11,14-15,18-21,24-29H2,1H3,(H,56,58)(H,57,59)(H,61,62)(H,63,64)/t32-,34-,36-,37-,38-,42+,43-,45-,47-/m0/s1. The number of nitrogens with one attached hydrogen (secondary N) is 5. The quantitative estimate of drug-likeness (QED) is 0.0603. The summed E-state index contributed by atoms with van der Waals surface area (Å²) in [4.78, 5) is 70.5. The van der Waals surface area contributed by atoms with Crippen LogP contribution in [0.4, 0.5) is 0 Å². The van der Waals surface area contributed by atoms with Crippen molar-refractivity contribution in [3.05, 3.63) is 94.0 Å². The first-order valence-electron chi connectivity index (χ1n) is 24.2. The molecule has 360 valence electrons. The summed E-state index contributed by atoms with van der Waals surface area (Å²) in [7, 11) is 1.66. The third-order valence-corrected chi connectivity index (χ3v) is 16.8. The molecule has 1 aromatic carbocycles. The van der Waals surface area contributed by atoms with Gasteiger partial charge < -0.3 is 41.3 Å². The minimum atomic E-state index is -2.21. The first-order valence-corrected chi connectivity index (χ1v) is 25.3. The number of esters is 1.